The zero-order chi connectivity index (χ0) is 17.7. The van der Waals surface area contributed by atoms with Gasteiger partial charge in [0.2, 0.25) is 5.95 Å². The molecule has 1 atom stereocenters. The predicted octanol–water partition coefficient (Wildman–Crippen LogP) is 2.65. The van der Waals surface area contributed by atoms with Crippen LogP contribution in [0.2, 0.25) is 0 Å². The van der Waals surface area contributed by atoms with Crippen molar-refractivity contribution in [1.29, 1.82) is 0 Å². The molecule has 2 aromatic rings. The van der Waals surface area contributed by atoms with Gasteiger partial charge in [0.1, 0.15) is 5.82 Å². The number of hydrogen-bond acceptors (Lipinski definition) is 6. The third kappa shape index (κ3) is 2.74. The largest absolute Gasteiger partial charge is 0.340 e. The van der Waals surface area contributed by atoms with Crippen molar-refractivity contribution in [2.45, 2.75) is 44.6 Å². The van der Waals surface area contributed by atoms with E-state index < -0.39 is 0 Å². The summed E-state index contributed by atoms with van der Waals surface area (Å²) in [4.78, 5) is 11.7. The Morgan fingerprint density at radius 2 is 2.15 bits per heavy atom. The van der Waals surface area contributed by atoms with E-state index in [1.54, 1.807) is 0 Å². The van der Waals surface area contributed by atoms with Crippen LogP contribution in [-0.4, -0.2) is 46.3 Å². The van der Waals surface area contributed by atoms with Crippen molar-refractivity contribution < 1.29 is 0 Å². The van der Waals surface area contributed by atoms with Crippen LogP contribution in [0.15, 0.2) is 18.3 Å². The first-order valence-corrected chi connectivity index (χ1v) is 9.73. The Morgan fingerprint density at radius 1 is 1.31 bits per heavy atom. The smallest absolute Gasteiger partial charge is 0.227 e. The Kier molecular flexibility index (Phi) is 3.67. The van der Waals surface area contributed by atoms with Gasteiger partial charge in [0, 0.05) is 48.4 Å². The van der Waals surface area contributed by atoms with E-state index in [2.05, 4.69) is 50.8 Å². The Morgan fingerprint density at radius 3 is 2.92 bits per heavy atom. The predicted molar refractivity (Wildman–Crippen MR) is 102 cm³/mol. The topological polar surface area (TPSA) is 81.8 Å². The van der Waals surface area contributed by atoms with Crippen LogP contribution in [0.1, 0.15) is 44.2 Å². The molecule has 2 aromatic heterocycles. The highest BCUT2D eigenvalue weighted by Crippen LogP contribution is 2.53. The van der Waals surface area contributed by atoms with Crippen molar-refractivity contribution in [2.75, 3.05) is 30.4 Å². The summed E-state index contributed by atoms with van der Waals surface area (Å²) in [6, 6.07) is 4.53. The number of piperidine rings is 2. The fourth-order valence-electron chi connectivity index (χ4n) is 4.76. The standard InChI is InChI=1S/C19H27N7/c1-12(20-2)19-8-13(9-19)10-26(11-19)18-21-6-5-16(23-18)22-17-7-15(24-25-17)14-3-4-14/h5-7,12-14,20H,3-4,8-11H2,1-2H3,(H2,21,22,23,24,25). The molecule has 3 N–H and O–H groups in total. The van der Waals surface area contributed by atoms with E-state index >= 15 is 0 Å². The molecule has 6 rings (SSSR count). The lowest BCUT2D eigenvalue weighted by Gasteiger charge is -2.59. The second-order valence-electron chi connectivity index (χ2n) is 8.38. The molecular formula is C19H27N7. The Hall–Kier alpha value is -2.15. The summed E-state index contributed by atoms with van der Waals surface area (Å²) in [6.07, 6.45) is 7.01. The summed E-state index contributed by atoms with van der Waals surface area (Å²) in [5, 5.41) is 14.3. The van der Waals surface area contributed by atoms with E-state index in [0.717, 1.165) is 36.6 Å². The first-order valence-electron chi connectivity index (χ1n) is 9.73. The molecular weight excluding hydrogens is 326 g/mol. The molecule has 4 fully saturated rings. The summed E-state index contributed by atoms with van der Waals surface area (Å²) in [5.41, 5.74) is 1.59. The normalized spacial score (nSPS) is 28.5. The maximum atomic E-state index is 4.76. The number of hydrogen-bond donors (Lipinski definition) is 3. The third-order valence-corrected chi connectivity index (χ3v) is 6.52. The van der Waals surface area contributed by atoms with Crippen molar-refractivity contribution in [1.82, 2.24) is 25.5 Å². The molecule has 1 unspecified atom stereocenters. The van der Waals surface area contributed by atoms with Crippen LogP contribution in [0.25, 0.3) is 0 Å². The van der Waals surface area contributed by atoms with E-state index in [4.69, 9.17) is 4.98 Å². The van der Waals surface area contributed by atoms with E-state index in [1.165, 1.54) is 31.4 Å². The van der Waals surface area contributed by atoms with Gasteiger partial charge in [-0.05, 0) is 51.6 Å². The molecule has 2 bridgehead atoms. The molecule has 2 saturated carbocycles. The summed E-state index contributed by atoms with van der Waals surface area (Å²) in [6.45, 7) is 4.40. The molecule has 7 nitrogen and oxygen atoms in total. The Labute approximate surface area is 154 Å². The number of nitrogens with zero attached hydrogens (tertiary/aromatic N) is 4. The van der Waals surface area contributed by atoms with Crippen LogP contribution < -0.4 is 15.5 Å². The number of rotatable bonds is 6. The second-order valence-corrected chi connectivity index (χ2v) is 8.38. The fraction of sp³-hybridized carbons (Fsp3) is 0.632. The van der Waals surface area contributed by atoms with Crippen molar-refractivity contribution >= 4 is 17.6 Å². The highest BCUT2D eigenvalue weighted by Gasteiger charge is 2.53. The molecule has 138 valence electrons. The lowest BCUT2D eigenvalue weighted by molar-refractivity contribution is 0.00143. The van der Waals surface area contributed by atoms with Gasteiger partial charge < -0.3 is 15.5 Å². The van der Waals surface area contributed by atoms with Crippen LogP contribution in [-0.2, 0) is 0 Å². The molecule has 2 aliphatic carbocycles. The van der Waals surface area contributed by atoms with Gasteiger partial charge in [0.05, 0.1) is 0 Å². The van der Waals surface area contributed by atoms with Crippen molar-refractivity contribution in [3.63, 3.8) is 0 Å². The minimum absolute atomic E-state index is 0.367. The van der Waals surface area contributed by atoms with Crippen LogP contribution in [0, 0.1) is 11.3 Å². The summed E-state index contributed by atoms with van der Waals surface area (Å²) < 4.78 is 0. The minimum atomic E-state index is 0.367. The molecule has 26 heavy (non-hydrogen) atoms. The van der Waals surface area contributed by atoms with Gasteiger partial charge >= 0.3 is 0 Å². The van der Waals surface area contributed by atoms with Crippen LogP contribution >= 0.6 is 0 Å². The monoisotopic (exact) mass is 353 g/mol. The number of aromatic amines is 1. The molecule has 0 radical (unpaired) electrons. The van der Waals surface area contributed by atoms with Crippen molar-refractivity contribution in [3.8, 4) is 0 Å². The lowest BCUT2D eigenvalue weighted by Crippen LogP contribution is -2.63. The molecule has 0 aromatic carbocycles. The fourth-order valence-corrected chi connectivity index (χ4v) is 4.76. The molecule has 2 aliphatic heterocycles. The van der Waals surface area contributed by atoms with E-state index in [9.17, 15) is 0 Å². The summed E-state index contributed by atoms with van der Waals surface area (Å²) in [5.74, 6) is 3.90. The maximum Gasteiger partial charge on any atom is 0.227 e. The second kappa shape index (κ2) is 5.94. The van der Waals surface area contributed by atoms with Gasteiger partial charge in [-0.25, -0.2) is 4.98 Å². The molecule has 7 heteroatoms. The average Bonchev–Trinajstić information content (AvgIpc) is 3.40. The van der Waals surface area contributed by atoms with Crippen molar-refractivity contribution in [3.05, 3.63) is 24.0 Å². The lowest BCUT2D eigenvalue weighted by atomic mass is 9.55. The van der Waals surface area contributed by atoms with Gasteiger partial charge in [-0.1, -0.05) is 0 Å². The zero-order valence-electron chi connectivity index (χ0n) is 15.5. The first-order chi connectivity index (χ1) is 12.6. The number of aromatic nitrogens is 4. The molecule has 0 spiro atoms. The highest BCUT2D eigenvalue weighted by atomic mass is 15.3. The SMILES string of the molecule is CNC(C)C12CC(CN(c3nccc(Nc4cc(C5CC5)[nH]n4)n3)C1)C2. The van der Waals surface area contributed by atoms with Crippen LogP contribution in [0.5, 0.6) is 0 Å². The summed E-state index contributed by atoms with van der Waals surface area (Å²) in [7, 11) is 2.06. The van der Waals surface area contributed by atoms with Gasteiger partial charge in [-0.15, -0.1) is 0 Å². The minimum Gasteiger partial charge on any atom is -0.340 e. The average molecular weight is 353 g/mol. The van der Waals surface area contributed by atoms with Gasteiger partial charge in [-0.3, -0.25) is 5.10 Å². The molecule has 4 aliphatic rings. The number of anilines is 3. The summed E-state index contributed by atoms with van der Waals surface area (Å²) >= 11 is 0. The van der Waals surface area contributed by atoms with E-state index in [-0.39, 0.29) is 0 Å². The number of fused-ring (bicyclic) bond motifs is 2. The Balaban J connectivity index is 1.31. The van der Waals surface area contributed by atoms with Crippen LogP contribution in [0.3, 0.4) is 0 Å². The highest BCUT2D eigenvalue weighted by molar-refractivity contribution is 5.54. The quantitative estimate of drug-likeness (QED) is 0.741. The van der Waals surface area contributed by atoms with Crippen LogP contribution in [0.4, 0.5) is 17.6 Å². The molecule has 2 saturated heterocycles. The zero-order valence-corrected chi connectivity index (χ0v) is 15.5. The molecule has 0 amide bonds. The van der Waals surface area contributed by atoms with Gasteiger partial charge in [0.15, 0.2) is 5.82 Å². The number of nitrogens with one attached hydrogen (secondary N) is 3. The third-order valence-electron chi connectivity index (χ3n) is 6.52. The first kappa shape index (κ1) is 16.1. The maximum absolute atomic E-state index is 4.76. The van der Waals surface area contributed by atoms with Gasteiger partial charge in [-0.2, -0.15) is 10.1 Å². The van der Waals surface area contributed by atoms with E-state index in [1.807, 2.05) is 12.3 Å². The van der Waals surface area contributed by atoms with E-state index in [0.29, 0.717) is 17.4 Å². The molecule has 4 heterocycles. The van der Waals surface area contributed by atoms with Gasteiger partial charge in [0.25, 0.3) is 0 Å². The Bertz CT molecular complexity index is 791. The number of H-pyrrole nitrogens is 1. The van der Waals surface area contributed by atoms with Crippen molar-refractivity contribution in [2.24, 2.45) is 11.3 Å².